The third kappa shape index (κ3) is 4.45. The van der Waals surface area contributed by atoms with Gasteiger partial charge in [0, 0.05) is 31.9 Å². The molecule has 1 fully saturated rings. The van der Waals surface area contributed by atoms with Crippen molar-refractivity contribution < 1.29 is 14.4 Å². The van der Waals surface area contributed by atoms with Crippen molar-refractivity contribution in [2.75, 3.05) is 44.8 Å². The van der Waals surface area contributed by atoms with E-state index >= 15 is 0 Å². The van der Waals surface area contributed by atoms with Crippen LogP contribution in [-0.2, 0) is 9.63 Å². The number of amidine groups is 1. The highest BCUT2D eigenvalue weighted by Gasteiger charge is 2.21. The van der Waals surface area contributed by atoms with Crippen molar-refractivity contribution in [1.29, 1.82) is 0 Å². The van der Waals surface area contributed by atoms with Gasteiger partial charge in [0.2, 0.25) is 0 Å². The van der Waals surface area contributed by atoms with Crippen molar-refractivity contribution in [3.63, 3.8) is 0 Å². The number of methoxy groups -OCH3 is 1. The standard InChI is InChI=1S/C18H22N4O3S/c1-24-15-6-4-14(5-7-15)21-8-10-22(11-9-21)17(23)13-25-20-18(19)16-3-2-12-26-16/h2-7,12H,8-11,13H2,1H3,(H2,19,20). The van der Waals surface area contributed by atoms with Crippen LogP contribution in [0.4, 0.5) is 5.69 Å². The number of carbonyl (C=O) groups is 1. The zero-order valence-corrected chi connectivity index (χ0v) is 15.4. The van der Waals surface area contributed by atoms with E-state index in [2.05, 4.69) is 10.1 Å². The molecule has 2 N–H and O–H groups in total. The molecule has 26 heavy (non-hydrogen) atoms. The topological polar surface area (TPSA) is 80.4 Å². The highest BCUT2D eigenvalue weighted by Crippen LogP contribution is 2.20. The van der Waals surface area contributed by atoms with Gasteiger partial charge in [-0.3, -0.25) is 4.79 Å². The molecule has 0 radical (unpaired) electrons. The van der Waals surface area contributed by atoms with Gasteiger partial charge >= 0.3 is 0 Å². The maximum Gasteiger partial charge on any atom is 0.263 e. The number of rotatable bonds is 6. The summed E-state index contributed by atoms with van der Waals surface area (Å²) in [5.41, 5.74) is 6.93. The second-order valence-electron chi connectivity index (χ2n) is 5.79. The van der Waals surface area contributed by atoms with Gasteiger partial charge in [-0.15, -0.1) is 11.3 Å². The first-order valence-electron chi connectivity index (χ1n) is 8.33. The Bertz CT molecular complexity index is 738. The molecule has 1 aliphatic rings. The molecule has 0 spiro atoms. The van der Waals surface area contributed by atoms with Gasteiger partial charge in [-0.05, 0) is 35.7 Å². The highest BCUT2D eigenvalue weighted by atomic mass is 32.1. The van der Waals surface area contributed by atoms with Crippen LogP contribution in [0.15, 0.2) is 46.9 Å². The fourth-order valence-corrected chi connectivity index (χ4v) is 3.34. The van der Waals surface area contributed by atoms with Gasteiger partial charge in [0.15, 0.2) is 12.4 Å². The Morgan fingerprint density at radius 1 is 1.19 bits per heavy atom. The number of oxime groups is 1. The van der Waals surface area contributed by atoms with E-state index in [4.69, 9.17) is 15.3 Å². The fraction of sp³-hybridized carbons (Fsp3) is 0.333. The maximum atomic E-state index is 12.3. The molecule has 0 unspecified atom stereocenters. The Balaban J connectivity index is 1.45. The minimum Gasteiger partial charge on any atom is -0.497 e. The van der Waals surface area contributed by atoms with Crippen LogP contribution in [0.25, 0.3) is 0 Å². The van der Waals surface area contributed by atoms with Gasteiger partial charge < -0.3 is 25.1 Å². The lowest BCUT2D eigenvalue weighted by atomic mass is 10.2. The monoisotopic (exact) mass is 374 g/mol. The smallest absolute Gasteiger partial charge is 0.263 e. The minimum absolute atomic E-state index is 0.0814. The summed E-state index contributed by atoms with van der Waals surface area (Å²) in [5.74, 6) is 1.04. The molecule has 138 valence electrons. The molecular formula is C18H22N4O3S. The Kier molecular flexibility index (Phi) is 5.96. The van der Waals surface area contributed by atoms with Crippen LogP contribution in [0, 0.1) is 0 Å². The molecule has 1 amide bonds. The van der Waals surface area contributed by atoms with Crippen LogP contribution in [0.3, 0.4) is 0 Å². The van der Waals surface area contributed by atoms with Crippen LogP contribution in [0.5, 0.6) is 5.75 Å². The Morgan fingerprint density at radius 3 is 2.54 bits per heavy atom. The summed E-state index contributed by atoms with van der Waals surface area (Å²) in [7, 11) is 1.65. The van der Waals surface area contributed by atoms with E-state index in [9.17, 15) is 4.79 Å². The molecular weight excluding hydrogens is 352 g/mol. The zero-order chi connectivity index (χ0) is 18.4. The van der Waals surface area contributed by atoms with Gasteiger partial charge in [0.1, 0.15) is 5.75 Å². The summed E-state index contributed by atoms with van der Waals surface area (Å²) < 4.78 is 5.18. The van der Waals surface area contributed by atoms with Crippen LogP contribution in [-0.4, -0.2) is 56.5 Å². The predicted molar refractivity (Wildman–Crippen MR) is 103 cm³/mol. The first-order valence-corrected chi connectivity index (χ1v) is 9.21. The maximum absolute atomic E-state index is 12.3. The summed E-state index contributed by atoms with van der Waals surface area (Å²) >= 11 is 1.47. The molecule has 1 aliphatic heterocycles. The van der Waals surface area contributed by atoms with Crippen molar-refractivity contribution in [3.8, 4) is 5.75 Å². The minimum atomic E-state index is -0.103. The number of anilines is 1. The molecule has 1 aromatic heterocycles. The number of ether oxygens (including phenoxy) is 1. The van der Waals surface area contributed by atoms with E-state index in [1.807, 2.05) is 41.8 Å². The lowest BCUT2D eigenvalue weighted by Gasteiger charge is -2.35. The van der Waals surface area contributed by atoms with Crippen molar-refractivity contribution in [3.05, 3.63) is 46.7 Å². The van der Waals surface area contributed by atoms with Crippen molar-refractivity contribution in [1.82, 2.24) is 4.90 Å². The normalized spacial score (nSPS) is 15.0. The zero-order valence-electron chi connectivity index (χ0n) is 14.6. The number of hydrogen-bond donors (Lipinski definition) is 1. The second-order valence-corrected chi connectivity index (χ2v) is 6.74. The van der Waals surface area contributed by atoms with E-state index < -0.39 is 0 Å². The van der Waals surface area contributed by atoms with Crippen LogP contribution < -0.4 is 15.4 Å². The largest absolute Gasteiger partial charge is 0.497 e. The number of carbonyl (C=O) groups excluding carboxylic acids is 1. The van der Waals surface area contributed by atoms with E-state index in [1.54, 1.807) is 12.0 Å². The average Bonchev–Trinajstić information content (AvgIpc) is 3.23. The van der Waals surface area contributed by atoms with Crippen molar-refractivity contribution in [2.24, 2.45) is 10.9 Å². The van der Waals surface area contributed by atoms with Gasteiger partial charge in [0.25, 0.3) is 5.91 Å². The number of piperazine rings is 1. The average molecular weight is 374 g/mol. The summed E-state index contributed by atoms with van der Waals surface area (Å²) in [6.45, 7) is 2.75. The predicted octanol–water partition coefficient (Wildman–Crippen LogP) is 1.74. The first-order chi connectivity index (χ1) is 12.7. The third-order valence-corrected chi connectivity index (χ3v) is 5.09. The van der Waals surface area contributed by atoms with Gasteiger partial charge in [-0.1, -0.05) is 11.2 Å². The van der Waals surface area contributed by atoms with Crippen molar-refractivity contribution in [2.45, 2.75) is 0 Å². The lowest BCUT2D eigenvalue weighted by molar-refractivity contribution is -0.136. The molecule has 7 nitrogen and oxygen atoms in total. The van der Waals surface area contributed by atoms with Gasteiger partial charge in [-0.25, -0.2) is 0 Å². The third-order valence-electron chi connectivity index (χ3n) is 4.19. The van der Waals surface area contributed by atoms with E-state index in [1.165, 1.54) is 11.3 Å². The molecule has 1 saturated heterocycles. The molecule has 1 aromatic carbocycles. The summed E-state index contributed by atoms with van der Waals surface area (Å²) in [6, 6.07) is 11.7. The number of nitrogens with two attached hydrogens (primary N) is 1. The molecule has 0 bridgehead atoms. The van der Waals surface area contributed by atoms with E-state index in [0.29, 0.717) is 13.1 Å². The Morgan fingerprint density at radius 2 is 1.92 bits per heavy atom. The molecule has 0 atom stereocenters. The number of amides is 1. The summed E-state index contributed by atoms with van der Waals surface area (Å²) in [5, 5.41) is 5.72. The number of benzene rings is 1. The number of nitrogens with zero attached hydrogens (tertiary/aromatic N) is 3. The molecule has 0 aliphatic carbocycles. The summed E-state index contributed by atoms with van der Waals surface area (Å²) in [6.07, 6.45) is 0. The quantitative estimate of drug-likeness (QED) is 0.473. The first kappa shape index (κ1) is 18.1. The molecule has 3 rings (SSSR count). The Labute approximate surface area is 156 Å². The summed E-state index contributed by atoms with van der Waals surface area (Å²) in [4.78, 5) is 22.2. The van der Waals surface area contributed by atoms with E-state index in [-0.39, 0.29) is 18.3 Å². The fourth-order valence-electron chi connectivity index (χ4n) is 2.72. The van der Waals surface area contributed by atoms with Crippen LogP contribution >= 0.6 is 11.3 Å². The lowest BCUT2D eigenvalue weighted by Crippen LogP contribution is -2.49. The van der Waals surface area contributed by atoms with Crippen molar-refractivity contribution >= 4 is 28.8 Å². The van der Waals surface area contributed by atoms with Crippen LogP contribution in [0.1, 0.15) is 4.88 Å². The Hall–Kier alpha value is -2.74. The number of hydrogen-bond acceptors (Lipinski definition) is 6. The van der Waals surface area contributed by atoms with Crippen LogP contribution in [0.2, 0.25) is 0 Å². The van der Waals surface area contributed by atoms with Gasteiger partial charge in [-0.2, -0.15) is 0 Å². The molecule has 2 heterocycles. The molecule has 8 heteroatoms. The SMILES string of the molecule is COc1ccc(N2CCN(C(=O)CO/N=C(/N)c3cccs3)CC2)cc1. The van der Waals surface area contributed by atoms with E-state index in [0.717, 1.165) is 29.4 Å². The highest BCUT2D eigenvalue weighted by molar-refractivity contribution is 7.12. The second kappa shape index (κ2) is 8.57. The van der Waals surface area contributed by atoms with Gasteiger partial charge in [0.05, 0.1) is 12.0 Å². The molecule has 2 aromatic rings. The molecule has 0 saturated carbocycles. The number of thiophene rings is 1.